The largest absolute Gasteiger partial charge is 0.493 e. The van der Waals surface area contributed by atoms with E-state index in [-0.39, 0.29) is 0 Å². The molecule has 0 saturated heterocycles. The quantitative estimate of drug-likeness (QED) is 0.574. The Balaban J connectivity index is 2.03. The van der Waals surface area contributed by atoms with Crippen LogP contribution in [0.15, 0.2) is 46.0 Å². The highest BCUT2D eigenvalue weighted by Gasteiger charge is 2.07. The van der Waals surface area contributed by atoms with Crippen LogP contribution in [0.2, 0.25) is 0 Å². The van der Waals surface area contributed by atoms with Crippen molar-refractivity contribution in [2.75, 3.05) is 32.1 Å². The van der Waals surface area contributed by atoms with Crippen LogP contribution >= 0.6 is 0 Å². The molecule has 0 atom stereocenters. The van der Waals surface area contributed by atoms with E-state index in [4.69, 9.17) is 13.9 Å². The van der Waals surface area contributed by atoms with Gasteiger partial charge in [-0.2, -0.15) is 0 Å². The van der Waals surface area contributed by atoms with E-state index in [0.717, 1.165) is 36.1 Å². The molecule has 0 amide bonds. The second-order valence-electron chi connectivity index (χ2n) is 5.01. The fraction of sp³-hybridized carbons (Fsp3) is 0.389. The first-order chi connectivity index (χ1) is 11.8. The van der Waals surface area contributed by atoms with Crippen LogP contribution in [-0.2, 0) is 6.42 Å². The topological polar surface area (TPSA) is 68.0 Å². The van der Waals surface area contributed by atoms with Gasteiger partial charge in [0.15, 0.2) is 17.5 Å². The number of nitrogens with one attached hydrogen (secondary N) is 2. The van der Waals surface area contributed by atoms with Crippen LogP contribution in [0.1, 0.15) is 19.6 Å². The molecule has 6 heteroatoms. The number of furan rings is 1. The van der Waals surface area contributed by atoms with E-state index < -0.39 is 0 Å². The molecule has 6 nitrogen and oxygen atoms in total. The molecule has 2 aromatic rings. The number of aliphatic imine (C=N–C) groups is 1. The lowest BCUT2D eigenvalue weighted by molar-refractivity contribution is 0.311. The predicted molar refractivity (Wildman–Crippen MR) is 96.2 cm³/mol. The van der Waals surface area contributed by atoms with Gasteiger partial charge in [-0.25, -0.2) is 0 Å². The van der Waals surface area contributed by atoms with Gasteiger partial charge in [0.2, 0.25) is 0 Å². The third-order valence-electron chi connectivity index (χ3n) is 3.28. The number of ether oxygens (including phenoxy) is 2. The van der Waals surface area contributed by atoms with E-state index in [9.17, 15) is 0 Å². The van der Waals surface area contributed by atoms with E-state index in [1.165, 1.54) is 0 Å². The summed E-state index contributed by atoms with van der Waals surface area (Å²) >= 11 is 0. The van der Waals surface area contributed by atoms with Crippen molar-refractivity contribution >= 4 is 11.6 Å². The summed E-state index contributed by atoms with van der Waals surface area (Å²) in [5.41, 5.74) is 0.882. The van der Waals surface area contributed by atoms with Crippen LogP contribution in [0.5, 0.6) is 11.5 Å². The van der Waals surface area contributed by atoms with E-state index in [1.54, 1.807) is 13.4 Å². The van der Waals surface area contributed by atoms with E-state index in [2.05, 4.69) is 15.6 Å². The number of guanidine groups is 1. The molecule has 0 spiro atoms. The lowest BCUT2D eigenvalue weighted by atomic mass is 10.2. The fourth-order valence-electron chi connectivity index (χ4n) is 2.20. The number of rotatable bonds is 8. The minimum atomic E-state index is 0.597. The Hall–Kier alpha value is -2.63. The van der Waals surface area contributed by atoms with Gasteiger partial charge in [-0.15, -0.1) is 0 Å². The Kier molecular flexibility index (Phi) is 7.01. The first kappa shape index (κ1) is 17.7. The molecule has 0 aliphatic rings. The first-order valence-electron chi connectivity index (χ1n) is 8.15. The van der Waals surface area contributed by atoms with Crippen LogP contribution in [0.25, 0.3) is 0 Å². The van der Waals surface area contributed by atoms with Crippen molar-refractivity contribution in [2.45, 2.75) is 20.3 Å². The molecule has 130 valence electrons. The third-order valence-corrected chi connectivity index (χ3v) is 3.28. The van der Waals surface area contributed by atoms with Gasteiger partial charge >= 0.3 is 0 Å². The van der Waals surface area contributed by atoms with Crippen molar-refractivity contribution in [3.8, 4) is 11.5 Å². The van der Waals surface area contributed by atoms with E-state index in [0.29, 0.717) is 18.9 Å². The number of benzene rings is 1. The highest BCUT2D eigenvalue weighted by molar-refractivity contribution is 5.93. The summed E-state index contributed by atoms with van der Waals surface area (Å²) in [6.07, 6.45) is 2.44. The number of methoxy groups -OCH3 is 1. The predicted octanol–water partition coefficient (Wildman–Crippen LogP) is 3.31. The average Bonchev–Trinajstić information content (AvgIpc) is 3.10. The van der Waals surface area contributed by atoms with Gasteiger partial charge in [0.25, 0.3) is 0 Å². The van der Waals surface area contributed by atoms with Crippen molar-refractivity contribution in [3.05, 3.63) is 42.4 Å². The van der Waals surface area contributed by atoms with Gasteiger partial charge in [0.05, 0.1) is 20.0 Å². The van der Waals surface area contributed by atoms with Crippen molar-refractivity contribution in [3.63, 3.8) is 0 Å². The molecule has 1 aromatic carbocycles. The zero-order valence-electron chi connectivity index (χ0n) is 14.5. The molecule has 0 unspecified atom stereocenters. The molecule has 0 radical (unpaired) electrons. The zero-order valence-corrected chi connectivity index (χ0v) is 14.5. The van der Waals surface area contributed by atoms with Gasteiger partial charge in [-0.1, -0.05) is 0 Å². The normalized spacial score (nSPS) is 11.2. The molecule has 2 N–H and O–H groups in total. The molecule has 1 heterocycles. The van der Waals surface area contributed by atoms with Crippen molar-refractivity contribution in [2.24, 2.45) is 4.99 Å². The van der Waals surface area contributed by atoms with Gasteiger partial charge in [0.1, 0.15) is 5.76 Å². The number of nitrogens with zero attached hydrogens (tertiary/aromatic N) is 1. The van der Waals surface area contributed by atoms with Gasteiger partial charge in [-0.05, 0) is 38.1 Å². The van der Waals surface area contributed by atoms with Gasteiger partial charge in [-0.3, -0.25) is 4.99 Å². The summed E-state index contributed by atoms with van der Waals surface area (Å²) < 4.78 is 16.2. The second kappa shape index (κ2) is 9.50. The van der Waals surface area contributed by atoms with Crippen LogP contribution in [-0.4, -0.2) is 32.8 Å². The molecule has 24 heavy (non-hydrogen) atoms. The van der Waals surface area contributed by atoms with Crippen molar-refractivity contribution < 1.29 is 13.9 Å². The molecule has 2 rings (SSSR count). The van der Waals surface area contributed by atoms with Gasteiger partial charge in [0, 0.05) is 31.3 Å². The average molecular weight is 331 g/mol. The molecule has 0 fully saturated rings. The smallest absolute Gasteiger partial charge is 0.195 e. The molecule has 0 aliphatic heterocycles. The number of anilines is 1. The molecule has 0 bridgehead atoms. The Labute approximate surface area is 142 Å². The monoisotopic (exact) mass is 331 g/mol. The Morgan fingerprint density at radius 3 is 2.75 bits per heavy atom. The third kappa shape index (κ3) is 5.22. The second-order valence-corrected chi connectivity index (χ2v) is 5.01. The van der Waals surface area contributed by atoms with E-state index >= 15 is 0 Å². The highest BCUT2D eigenvalue weighted by Crippen LogP contribution is 2.30. The van der Waals surface area contributed by atoms with Crippen LogP contribution in [0, 0.1) is 0 Å². The maximum atomic E-state index is 5.53. The van der Waals surface area contributed by atoms with Crippen LogP contribution < -0.4 is 20.1 Å². The minimum absolute atomic E-state index is 0.597. The maximum absolute atomic E-state index is 5.53. The van der Waals surface area contributed by atoms with E-state index in [1.807, 2.05) is 44.2 Å². The highest BCUT2D eigenvalue weighted by atomic mass is 16.5. The Bertz CT molecular complexity index is 639. The van der Waals surface area contributed by atoms with Crippen molar-refractivity contribution in [1.82, 2.24) is 5.32 Å². The summed E-state index contributed by atoms with van der Waals surface area (Å²) in [6, 6.07) is 9.55. The SMILES string of the molecule is CCNC(=NCCc1ccco1)Nc1ccc(OCC)c(OC)c1. The number of hydrogen-bond acceptors (Lipinski definition) is 4. The Morgan fingerprint density at radius 2 is 2.08 bits per heavy atom. The summed E-state index contributed by atoms with van der Waals surface area (Å²) in [6.45, 7) is 5.99. The summed E-state index contributed by atoms with van der Waals surface area (Å²) in [7, 11) is 1.63. The molecule has 0 saturated carbocycles. The minimum Gasteiger partial charge on any atom is -0.493 e. The number of hydrogen-bond donors (Lipinski definition) is 2. The molecular formula is C18H25N3O3. The molecule has 1 aromatic heterocycles. The Morgan fingerprint density at radius 1 is 1.21 bits per heavy atom. The summed E-state index contributed by atoms with van der Waals surface area (Å²) in [5, 5.41) is 6.50. The summed E-state index contributed by atoms with van der Waals surface area (Å²) in [4.78, 5) is 4.56. The molecular weight excluding hydrogens is 306 g/mol. The lowest BCUT2D eigenvalue weighted by Crippen LogP contribution is -2.30. The fourth-order valence-corrected chi connectivity index (χ4v) is 2.20. The van der Waals surface area contributed by atoms with Gasteiger partial charge < -0.3 is 24.5 Å². The zero-order chi connectivity index (χ0) is 17.2. The van der Waals surface area contributed by atoms with Crippen LogP contribution in [0.4, 0.5) is 5.69 Å². The maximum Gasteiger partial charge on any atom is 0.195 e. The summed E-state index contributed by atoms with van der Waals surface area (Å²) in [5.74, 6) is 3.06. The molecule has 0 aliphatic carbocycles. The standard InChI is InChI=1S/C18H25N3O3/c1-4-19-18(20-11-10-15-7-6-12-24-15)21-14-8-9-16(23-5-2)17(13-14)22-3/h6-9,12-13H,4-5,10-11H2,1-3H3,(H2,19,20,21). The van der Waals surface area contributed by atoms with Crippen LogP contribution in [0.3, 0.4) is 0 Å². The van der Waals surface area contributed by atoms with Crippen molar-refractivity contribution in [1.29, 1.82) is 0 Å². The lowest BCUT2D eigenvalue weighted by Gasteiger charge is -2.14. The first-order valence-corrected chi connectivity index (χ1v) is 8.15.